The van der Waals surface area contributed by atoms with E-state index in [9.17, 15) is 4.79 Å². The van der Waals surface area contributed by atoms with E-state index in [1.807, 2.05) is 43.3 Å². The van der Waals surface area contributed by atoms with Gasteiger partial charge in [-0.15, -0.1) is 0 Å². The van der Waals surface area contributed by atoms with Crippen molar-refractivity contribution in [3.63, 3.8) is 0 Å². The zero-order valence-electron chi connectivity index (χ0n) is 12.0. The van der Waals surface area contributed by atoms with E-state index < -0.39 is 0 Å². The first kappa shape index (κ1) is 13.1. The van der Waals surface area contributed by atoms with Gasteiger partial charge in [-0.05, 0) is 31.3 Å². The van der Waals surface area contributed by atoms with Crippen molar-refractivity contribution >= 4 is 22.4 Å². The first-order chi connectivity index (χ1) is 9.68. The molecule has 3 nitrogen and oxygen atoms in total. The van der Waals surface area contributed by atoms with E-state index in [0.29, 0.717) is 0 Å². The second-order valence-corrected chi connectivity index (χ2v) is 5.67. The zero-order valence-corrected chi connectivity index (χ0v) is 12.0. The highest BCUT2D eigenvalue weighted by atomic mass is 16.2. The van der Waals surface area contributed by atoms with Crippen molar-refractivity contribution in [2.75, 3.05) is 25.5 Å². The molecular formula is C17H20N2O. The summed E-state index contributed by atoms with van der Waals surface area (Å²) in [6, 6.07) is 14.3. The third-order valence-electron chi connectivity index (χ3n) is 4.26. The molecular weight excluding hydrogens is 248 g/mol. The van der Waals surface area contributed by atoms with Crippen molar-refractivity contribution in [2.24, 2.45) is 5.41 Å². The van der Waals surface area contributed by atoms with Gasteiger partial charge in [-0.1, -0.05) is 36.4 Å². The summed E-state index contributed by atoms with van der Waals surface area (Å²) in [5.41, 5.74) is 0.816. The molecule has 2 aromatic carbocycles. The lowest BCUT2D eigenvalue weighted by atomic mass is 10.0. The van der Waals surface area contributed by atoms with E-state index in [2.05, 4.69) is 23.5 Å². The Morgan fingerprint density at radius 1 is 1.20 bits per heavy atom. The molecule has 1 saturated carbocycles. The lowest BCUT2D eigenvalue weighted by Crippen LogP contribution is -2.39. The molecule has 1 aliphatic rings. The van der Waals surface area contributed by atoms with Crippen LogP contribution < -0.4 is 10.2 Å². The minimum atomic E-state index is -0.180. The standard InChI is InChI=1S/C17H20N2O/c1-18-12-17(10-11-17)16(20)19(2)15-9-5-7-13-6-3-4-8-14(13)15/h3-9,18H,10-12H2,1-2H3. The van der Waals surface area contributed by atoms with E-state index in [0.717, 1.165) is 30.5 Å². The SMILES string of the molecule is CNCC1(C(=O)N(C)c2cccc3ccccc23)CC1. The average Bonchev–Trinajstić information content (AvgIpc) is 3.26. The van der Waals surface area contributed by atoms with Crippen LogP contribution in [-0.2, 0) is 4.79 Å². The van der Waals surface area contributed by atoms with Crippen LogP contribution in [0.4, 0.5) is 5.69 Å². The Labute approximate surface area is 119 Å². The predicted octanol–water partition coefficient (Wildman–Crippen LogP) is 2.80. The molecule has 0 aromatic heterocycles. The molecule has 0 spiro atoms. The lowest BCUT2D eigenvalue weighted by molar-refractivity contribution is -0.123. The molecule has 1 amide bonds. The first-order valence-corrected chi connectivity index (χ1v) is 7.08. The summed E-state index contributed by atoms with van der Waals surface area (Å²) in [6.07, 6.45) is 1.98. The third-order valence-corrected chi connectivity index (χ3v) is 4.26. The molecule has 0 unspecified atom stereocenters. The second kappa shape index (κ2) is 4.91. The summed E-state index contributed by atoms with van der Waals surface area (Å²) in [5, 5.41) is 5.45. The first-order valence-electron chi connectivity index (χ1n) is 7.08. The maximum atomic E-state index is 12.7. The Balaban J connectivity index is 1.97. The fourth-order valence-electron chi connectivity index (χ4n) is 2.92. The van der Waals surface area contributed by atoms with Crippen molar-refractivity contribution in [2.45, 2.75) is 12.8 Å². The molecule has 1 N–H and O–H groups in total. The largest absolute Gasteiger partial charge is 0.319 e. The summed E-state index contributed by atoms with van der Waals surface area (Å²) in [7, 11) is 3.80. The van der Waals surface area contributed by atoms with Gasteiger partial charge >= 0.3 is 0 Å². The number of hydrogen-bond donors (Lipinski definition) is 1. The highest BCUT2D eigenvalue weighted by molar-refractivity contribution is 6.06. The summed E-state index contributed by atoms with van der Waals surface area (Å²) < 4.78 is 0. The molecule has 0 heterocycles. The van der Waals surface area contributed by atoms with Gasteiger partial charge in [0.2, 0.25) is 5.91 Å². The van der Waals surface area contributed by atoms with Crippen LogP contribution in [0.15, 0.2) is 42.5 Å². The van der Waals surface area contributed by atoms with Crippen LogP contribution >= 0.6 is 0 Å². The van der Waals surface area contributed by atoms with E-state index in [4.69, 9.17) is 0 Å². The van der Waals surface area contributed by atoms with Crippen LogP contribution in [0.1, 0.15) is 12.8 Å². The topological polar surface area (TPSA) is 32.3 Å². The molecule has 3 heteroatoms. The predicted molar refractivity (Wildman–Crippen MR) is 83.0 cm³/mol. The molecule has 0 aliphatic heterocycles. The van der Waals surface area contributed by atoms with Crippen molar-refractivity contribution in [1.82, 2.24) is 5.32 Å². The number of nitrogens with one attached hydrogen (secondary N) is 1. The minimum absolute atomic E-state index is 0.180. The van der Waals surface area contributed by atoms with E-state index in [-0.39, 0.29) is 11.3 Å². The molecule has 2 aromatic rings. The molecule has 104 valence electrons. The fraction of sp³-hybridized carbons (Fsp3) is 0.353. The Morgan fingerprint density at radius 3 is 2.60 bits per heavy atom. The van der Waals surface area contributed by atoms with Crippen molar-refractivity contribution in [3.8, 4) is 0 Å². The fourth-order valence-corrected chi connectivity index (χ4v) is 2.92. The second-order valence-electron chi connectivity index (χ2n) is 5.67. The van der Waals surface area contributed by atoms with Crippen LogP contribution in [0.3, 0.4) is 0 Å². The molecule has 20 heavy (non-hydrogen) atoms. The number of amides is 1. The summed E-state index contributed by atoms with van der Waals surface area (Å²) >= 11 is 0. The van der Waals surface area contributed by atoms with E-state index in [1.54, 1.807) is 0 Å². The van der Waals surface area contributed by atoms with Gasteiger partial charge in [0, 0.05) is 19.0 Å². The van der Waals surface area contributed by atoms with Crippen LogP contribution in [0.5, 0.6) is 0 Å². The van der Waals surface area contributed by atoms with Crippen molar-refractivity contribution in [3.05, 3.63) is 42.5 Å². The van der Waals surface area contributed by atoms with E-state index in [1.165, 1.54) is 5.39 Å². The number of fused-ring (bicyclic) bond motifs is 1. The van der Waals surface area contributed by atoms with Crippen LogP contribution in [0.25, 0.3) is 10.8 Å². The van der Waals surface area contributed by atoms with Gasteiger partial charge in [-0.3, -0.25) is 4.79 Å². The quantitative estimate of drug-likeness (QED) is 0.924. The normalized spacial score (nSPS) is 16.1. The van der Waals surface area contributed by atoms with Crippen molar-refractivity contribution < 1.29 is 4.79 Å². The number of hydrogen-bond acceptors (Lipinski definition) is 2. The maximum absolute atomic E-state index is 12.7. The smallest absolute Gasteiger partial charge is 0.234 e. The van der Waals surface area contributed by atoms with E-state index >= 15 is 0 Å². The van der Waals surface area contributed by atoms with Crippen molar-refractivity contribution in [1.29, 1.82) is 0 Å². The number of rotatable bonds is 4. The van der Waals surface area contributed by atoms with Gasteiger partial charge in [-0.25, -0.2) is 0 Å². The monoisotopic (exact) mass is 268 g/mol. The van der Waals surface area contributed by atoms with Crippen LogP contribution in [0, 0.1) is 5.41 Å². The zero-order chi connectivity index (χ0) is 14.2. The summed E-state index contributed by atoms with van der Waals surface area (Å²) in [5.74, 6) is 0.225. The maximum Gasteiger partial charge on any atom is 0.234 e. The average molecular weight is 268 g/mol. The van der Waals surface area contributed by atoms with Gasteiger partial charge in [0.25, 0.3) is 0 Å². The van der Waals surface area contributed by atoms with Gasteiger partial charge in [0.15, 0.2) is 0 Å². The Bertz CT molecular complexity index is 641. The molecule has 0 bridgehead atoms. The van der Waals surface area contributed by atoms with Gasteiger partial charge in [-0.2, -0.15) is 0 Å². The molecule has 0 radical (unpaired) electrons. The molecule has 3 rings (SSSR count). The Hall–Kier alpha value is -1.87. The van der Waals surface area contributed by atoms with Crippen LogP contribution in [0.2, 0.25) is 0 Å². The number of benzene rings is 2. The molecule has 0 atom stereocenters. The number of anilines is 1. The van der Waals surface area contributed by atoms with Gasteiger partial charge < -0.3 is 10.2 Å². The van der Waals surface area contributed by atoms with Gasteiger partial charge in [0.1, 0.15) is 0 Å². The third kappa shape index (κ3) is 2.08. The number of nitrogens with zero attached hydrogens (tertiary/aromatic N) is 1. The minimum Gasteiger partial charge on any atom is -0.319 e. The highest BCUT2D eigenvalue weighted by Gasteiger charge is 2.50. The number of carbonyl (C=O) groups excluding carboxylic acids is 1. The van der Waals surface area contributed by atoms with Crippen LogP contribution in [-0.4, -0.2) is 26.5 Å². The van der Waals surface area contributed by atoms with Gasteiger partial charge in [0.05, 0.1) is 11.1 Å². The molecule has 1 fully saturated rings. The lowest BCUT2D eigenvalue weighted by Gasteiger charge is -2.24. The Morgan fingerprint density at radius 2 is 1.90 bits per heavy atom. The summed E-state index contributed by atoms with van der Waals surface area (Å²) in [4.78, 5) is 14.6. The number of carbonyl (C=O) groups is 1. The Kier molecular flexibility index (Phi) is 3.22. The summed E-state index contributed by atoms with van der Waals surface area (Å²) in [6.45, 7) is 0.765. The molecule has 1 aliphatic carbocycles. The molecule has 0 saturated heterocycles. The highest BCUT2D eigenvalue weighted by Crippen LogP contribution is 2.47.